The molecule has 1 aliphatic rings. The Hall–Kier alpha value is -4.44. The van der Waals surface area contributed by atoms with Gasteiger partial charge in [-0.2, -0.15) is 0 Å². The first-order valence-corrected chi connectivity index (χ1v) is 14.4. The first-order valence-electron chi connectivity index (χ1n) is 13.6. The lowest BCUT2D eigenvalue weighted by atomic mass is 9.97. The quantitative estimate of drug-likeness (QED) is 0.331. The minimum atomic E-state index is -0.127. The van der Waals surface area contributed by atoms with Crippen LogP contribution in [0.4, 0.5) is 5.69 Å². The largest absolute Gasteiger partial charge is 0.372 e. The topological polar surface area (TPSA) is 91.2 Å². The van der Waals surface area contributed by atoms with Gasteiger partial charge in [-0.25, -0.2) is 4.68 Å². The standard InChI is InChI=1S/C30H29N7O2S/c1-19-26(28(39)37(34(19)2)21-13-7-4-8-14-21)31-17-24-32-33-30-35(18-20-11-5-3-6-12-20)27(38)25-22-15-9-10-16-23(22)40-29(25)36(24)30/h3-8,11-14,31H,9-10,15-18H2,1-2H3. The summed E-state index contributed by atoms with van der Waals surface area (Å²) in [5.41, 5.74) is 4.20. The number of aryl methyl sites for hydroxylation is 2. The molecule has 2 aromatic carbocycles. The number of hydrogen-bond donors (Lipinski definition) is 1. The normalized spacial score (nSPS) is 13.2. The van der Waals surface area contributed by atoms with Crippen LogP contribution in [0, 0.1) is 6.92 Å². The third-order valence-electron chi connectivity index (χ3n) is 7.93. The summed E-state index contributed by atoms with van der Waals surface area (Å²) in [6, 6.07) is 19.6. The number of benzene rings is 2. The Labute approximate surface area is 233 Å². The van der Waals surface area contributed by atoms with E-state index in [-0.39, 0.29) is 17.7 Å². The third kappa shape index (κ3) is 3.82. The Morgan fingerprint density at radius 2 is 1.65 bits per heavy atom. The maximum atomic E-state index is 14.0. The Bertz CT molecular complexity index is 2000. The molecule has 4 heterocycles. The number of hydrogen-bond acceptors (Lipinski definition) is 6. The Morgan fingerprint density at radius 3 is 2.42 bits per heavy atom. The number of anilines is 1. The second-order valence-corrected chi connectivity index (χ2v) is 11.4. The molecule has 0 unspecified atom stereocenters. The van der Waals surface area contributed by atoms with Crippen molar-refractivity contribution in [2.75, 3.05) is 5.32 Å². The van der Waals surface area contributed by atoms with E-state index in [9.17, 15) is 9.59 Å². The average Bonchev–Trinajstić information content (AvgIpc) is 3.63. The summed E-state index contributed by atoms with van der Waals surface area (Å²) in [4.78, 5) is 29.6. The number of nitrogens with zero attached hydrogens (tertiary/aromatic N) is 6. The van der Waals surface area contributed by atoms with Gasteiger partial charge in [0.15, 0.2) is 5.82 Å². The van der Waals surface area contributed by atoms with Crippen LogP contribution in [0.25, 0.3) is 21.7 Å². The minimum absolute atomic E-state index is 0.0117. The molecule has 0 atom stereocenters. The Kier molecular flexibility index (Phi) is 5.92. The number of aromatic nitrogens is 6. The van der Waals surface area contributed by atoms with Crippen molar-refractivity contribution >= 4 is 33.0 Å². The molecule has 7 rings (SSSR count). The van der Waals surface area contributed by atoms with E-state index in [0.717, 1.165) is 52.8 Å². The van der Waals surface area contributed by atoms with Gasteiger partial charge in [-0.15, -0.1) is 21.5 Å². The van der Waals surface area contributed by atoms with Crippen molar-refractivity contribution in [2.45, 2.75) is 45.7 Å². The molecule has 0 bridgehead atoms. The van der Waals surface area contributed by atoms with E-state index >= 15 is 0 Å². The summed E-state index contributed by atoms with van der Waals surface area (Å²) >= 11 is 1.68. The van der Waals surface area contributed by atoms with Gasteiger partial charge in [-0.3, -0.25) is 23.2 Å². The highest BCUT2D eigenvalue weighted by Gasteiger charge is 2.25. The van der Waals surface area contributed by atoms with Gasteiger partial charge < -0.3 is 5.32 Å². The molecule has 0 saturated heterocycles. The van der Waals surface area contributed by atoms with E-state index in [4.69, 9.17) is 0 Å². The highest BCUT2D eigenvalue weighted by molar-refractivity contribution is 7.18. The molecule has 9 nitrogen and oxygen atoms in total. The summed E-state index contributed by atoms with van der Waals surface area (Å²) in [5, 5.41) is 13.2. The second kappa shape index (κ2) is 9.63. The predicted molar refractivity (Wildman–Crippen MR) is 158 cm³/mol. The summed E-state index contributed by atoms with van der Waals surface area (Å²) in [6.07, 6.45) is 4.14. The molecule has 202 valence electrons. The molecule has 10 heteroatoms. The molecular formula is C30H29N7O2S. The van der Waals surface area contributed by atoms with Crippen molar-refractivity contribution in [3.63, 3.8) is 0 Å². The van der Waals surface area contributed by atoms with Gasteiger partial charge in [0.2, 0.25) is 5.78 Å². The van der Waals surface area contributed by atoms with Gasteiger partial charge in [0.1, 0.15) is 10.5 Å². The van der Waals surface area contributed by atoms with E-state index in [1.807, 2.05) is 83.7 Å². The van der Waals surface area contributed by atoms with E-state index < -0.39 is 0 Å². The van der Waals surface area contributed by atoms with Crippen molar-refractivity contribution in [1.82, 2.24) is 28.5 Å². The fourth-order valence-corrected chi connectivity index (χ4v) is 7.21. The summed E-state index contributed by atoms with van der Waals surface area (Å²) in [5.74, 6) is 1.18. The van der Waals surface area contributed by atoms with E-state index in [1.165, 1.54) is 10.4 Å². The fourth-order valence-electron chi connectivity index (χ4n) is 5.81. The van der Waals surface area contributed by atoms with E-state index in [2.05, 4.69) is 15.5 Å². The van der Waals surface area contributed by atoms with Crippen molar-refractivity contribution < 1.29 is 0 Å². The smallest absolute Gasteiger partial charge is 0.295 e. The van der Waals surface area contributed by atoms with Crippen molar-refractivity contribution in [3.8, 4) is 5.69 Å². The molecule has 0 spiro atoms. The molecule has 1 N–H and O–H groups in total. The van der Waals surface area contributed by atoms with Gasteiger partial charge in [0, 0.05) is 11.9 Å². The summed E-state index contributed by atoms with van der Waals surface area (Å²) in [7, 11) is 1.88. The highest BCUT2D eigenvalue weighted by Crippen LogP contribution is 2.35. The Balaban J connectivity index is 1.36. The molecule has 0 saturated carbocycles. The zero-order valence-corrected chi connectivity index (χ0v) is 23.2. The van der Waals surface area contributed by atoms with Crippen molar-refractivity contribution in [3.05, 3.63) is 109 Å². The molecule has 6 aromatic rings. The van der Waals surface area contributed by atoms with Crippen LogP contribution in [0.2, 0.25) is 0 Å². The lowest BCUT2D eigenvalue weighted by Crippen LogP contribution is -2.24. The minimum Gasteiger partial charge on any atom is -0.372 e. The molecule has 0 fully saturated rings. The van der Waals surface area contributed by atoms with E-state index in [0.29, 0.717) is 23.8 Å². The lowest BCUT2D eigenvalue weighted by molar-refractivity contribution is 0.630. The van der Waals surface area contributed by atoms with Gasteiger partial charge in [-0.1, -0.05) is 48.5 Å². The predicted octanol–water partition coefficient (Wildman–Crippen LogP) is 4.44. The van der Waals surface area contributed by atoms with Gasteiger partial charge in [-0.05, 0) is 55.9 Å². The monoisotopic (exact) mass is 551 g/mol. The van der Waals surface area contributed by atoms with Crippen LogP contribution in [0.1, 0.15) is 40.4 Å². The van der Waals surface area contributed by atoms with Crippen molar-refractivity contribution in [1.29, 1.82) is 0 Å². The van der Waals surface area contributed by atoms with Crippen LogP contribution in [0.3, 0.4) is 0 Å². The zero-order chi connectivity index (χ0) is 27.4. The Morgan fingerprint density at radius 1 is 0.925 bits per heavy atom. The SMILES string of the molecule is Cc1c(NCc2nnc3n(Cc4ccccc4)c(=O)c4c5c(sc4n23)CCCC5)c(=O)n(-c2ccccc2)n1C. The average molecular weight is 552 g/mol. The first-order chi connectivity index (χ1) is 19.5. The van der Waals surface area contributed by atoms with Crippen LogP contribution in [0.15, 0.2) is 70.3 Å². The van der Waals surface area contributed by atoms with Crippen LogP contribution < -0.4 is 16.4 Å². The number of rotatable bonds is 6. The van der Waals surface area contributed by atoms with E-state index in [1.54, 1.807) is 20.6 Å². The molecule has 0 aliphatic heterocycles. The van der Waals surface area contributed by atoms with Crippen LogP contribution in [-0.2, 0) is 33.0 Å². The fraction of sp³-hybridized carbons (Fsp3) is 0.267. The van der Waals surface area contributed by atoms with Crippen molar-refractivity contribution in [2.24, 2.45) is 7.05 Å². The third-order valence-corrected chi connectivity index (χ3v) is 9.21. The number of thiophene rings is 1. The van der Waals surface area contributed by atoms with Crippen LogP contribution in [0.5, 0.6) is 0 Å². The molecule has 4 aromatic heterocycles. The zero-order valence-electron chi connectivity index (χ0n) is 22.4. The van der Waals surface area contributed by atoms with Gasteiger partial charge >= 0.3 is 0 Å². The molecular weight excluding hydrogens is 522 g/mol. The number of nitrogens with one attached hydrogen (secondary N) is 1. The number of para-hydroxylation sites is 1. The van der Waals surface area contributed by atoms with Crippen LogP contribution >= 0.6 is 11.3 Å². The summed E-state index contributed by atoms with van der Waals surface area (Å²) in [6.45, 7) is 2.63. The number of fused-ring (bicyclic) bond motifs is 5. The second-order valence-electron chi connectivity index (χ2n) is 10.3. The summed E-state index contributed by atoms with van der Waals surface area (Å²) < 4.78 is 7.27. The molecule has 1 aliphatic carbocycles. The maximum Gasteiger partial charge on any atom is 0.295 e. The molecule has 40 heavy (non-hydrogen) atoms. The lowest BCUT2D eigenvalue weighted by Gasteiger charge is -2.12. The molecule has 0 amide bonds. The maximum absolute atomic E-state index is 14.0. The first kappa shape index (κ1) is 24.6. The van der Waals surface area contributed by atoms with Gasteiger partial charge in [0.25, 0.3) is 11.1 Å². The highest BCUT2D eigenvalue weighted by atomic mass is 32.1. The van der Waals surface area contributed by atoms with Gasteiger partial charge in [0.05, 0.1) is 29.9 Å². The van der Waals surface area contributed by atoms with Crippen LogP contribution in [-0.4, -0.2) is 28.5 Å². The molecule has 0 radical (unpaired) electrons.